The number of nitrogens with two attached hydrogens (primary N) is 1. The molecule has 2 aromatic heterocycles. The molecule has 0 amide bonds. The second-order valence-electron chi connectivity index (χ2n) is 7.23. The molecule has 0 spiro atoms. The maximum Gasteiger partial charge on any atom is 0.182 e. The van der Waals surface area contributed by atoms with Gasteiger partial charge in [-0.05, 0) is 42.5 Å². The average Bonchev–Trinajstić information content (AvgIpc) is 2.84. The molecule has 0 saturated carbocycles. The molecule has 2 heterocycles. The van der Waals surface area contributed by atoms with Crippen LogP contribution in [0.25, 0.3) is 21.9 Å². The standard InChI is InChI=1S/C24H20N6O2S/c1-32-17-12-15-6-5-11-26-22(15)21(14-17)29-23-24(28-20-10-3-2-9-19(20)27-23)30-33(31)18-8-4-7-16(25)13-18/h2-14H,25H2,1H3,(H,27,29)(H,28,30). The zero-order valence-electron chi connectivity index (χ0n) is 17.6. The van der Waals surface area contributed by atoms with E-state index in [1.54, 1.807) is 37.6 Å². The fraction of sp³-hybridized carbons (Fsp3) is 0.0417. The van der Waals surface area contributed by atoms with Gasteiger partial charge in [0.1, 0.15) is 5.75 Å². The van der Waals surface area contributed by atoms with Crippen LogP contribution in [0.15, 0.2) is 83.9 Å². The van der Waals surface area contributed by atoms with Crippen LogP contribution in [0.2, 0.25) is 0 Å². The van der Waals surface area contributed by atoms with Gasteiger partial charge in [0.05, 0.1) is 34.2 Å². The number of nitrogen functional groups attached to an aromatic ring is 1. The Hall–Kier alpha value is -4.24. The molecule has 164 valence electrons. The molecule has 0 aliphatic heterocycles. The molecule has 4 N–H and O–H groups in total. The second kappa shape index (κ2) is 8.71. The van der Waals surface area contributed by atoms with E-state index >= 15 is 0 Å². The van der Waals surface area contributed by atoms with Crippen LogP contribution in [-0.2, 0) is 11.0 Å². The zero-order chi connectivity index (χ0) is 22.8. The number of hydrogen-bond donors (Lipinski definition) is 3. The molecular weight excluding hydrogens is 436 g/mol. The molecule has 33 heavy (non-hydrogen) atoms. The smallest absolute Gasteiger partial charge is 0.182 e. The highest BCUT2D eigenvalue weighted by molar-refractivity contribution is 7.86. The van der Waals surface area contributed by atoms with E-state index in [2.05, 4.69) is 20.0 Å². The number of nitrogens with one attached hydrogen (secondary N) is 2. The molecule has 0 bridgehead atoms. The van der Waals surface area contributed by atoms with Gasteiger partial charge in [0.15, 0.2) is 22.6 Å². The number of aromatic nitrogens is 3. The predicted molar refractivity (Wildman–Crippen MR) is 132 cm³/mol. The minimum absolute atomic E-state index is 0.335. The van der Waals surface area contributed by atoms with Crippen molar-refractivity contribution in [1.29, 1.82) is 0 Å². The number of para-hydroxylation sites is 2. The van der Waals surface area contributed by atoms with Crippen LogP contribution >= 0.6 is 0 Å². The lowest BCUT2D eigenvalue weighted by atomic mass is 10.1. The molecule has 0 aliphatic rings. The van der Waals surface area contributed by atoms with Crippen molar-refractivity contribution in [3.05, 3.63) is 79.0 Å². The summed E-state index contributed by atoms with van der Waals surface area (Å²) in [5.41, 5.74) is 9.18. The Labute approximate surface area is 192 Å². The molecule has 5 rings (SSSR count). The van der Waals surface area contributed by atoms with Gasteiger partial charge in [-0.2, -0.15) is 0 Å². The third-order valence-electron chi connectivity index (χ3n) is 5.00. The lowest BCUT2D eigenvalue weighted by molar-refractivity contribution is 0.415. The first-order valence-corrected chi connectivity index (χ1v) is 11.3. The van der Waals surface area contributed by atoms with Crippen molar-refractivity contribution in [2.24, 2.45) is 0 Å². The van der Waals surface area contributed by atoms with Crippen molar-refractivity contribution in [2.45, 2.75) is 4.90 Å². The van der Waals surface area contributed by atoms with E-state index in [0.29, 0.717) is 44.7 Å². The van der Waals surface area contributed by atoms with Crippen molar-refractivity contribution in [2.75, 3.05) is 22.9 Å². The summed E-state index contributed by atoms with van der Waals surface area (Å²) in [7, 11) is 0.00817. The Morgan fingerprint density at radius 3 is 2.45 bits per heavy atom. The number of benzene rings is 3. The topological polar surface area (TPSA) is 115 Å². The van der Waals surface area contributed by atoms with Gasteiger partial charge in [0.25, 0.3) is 0 Å². The van der Waals surface area contributed by atoms with Crippen molar-refractivity contribution in [3.8, 4) is 5.75 Å². The van der Waals surface area contributed by atoms with Crippen LogP contribution < -0.4 is 20.5 Å². The summed E-state index contributed by atoms with van der Waals surface area (Å²) in [6.07, 6.45) is 1.72. The fourth-order valence-electron chi connectivity index (χ4n) is 3.44. The molecule has 1 unspecified atom stereocenters. The number of nitrogens with zero attached hydrogens (tertiary/aromatic N) is 3. The quantitative estimate of drug-likeness (QED) is 0.319. The highest BCUT2D eigenvalue weighted by atomic mass is 32.2. The number of anilines is 4. The first-order chi connectivity index (χ1) is 16.1. The molecule has 8 nitrogen and oxygen atoms in total. The van der Waals surface area contributed by atoms with Gasteiger partial charge in [0, 0.05) is 23.3 Å². The molecule has 0 fully saturated rings. The SMILES string of the molecule is COc1cc(Nc2nc3ccccc3nc2NS(=O)c2cccc(N)c2)c2ncccc2c1. The van der Waals surface area contributed by atoms with Crippen LogP contribution in [0.4, 0.5) is 23.0 Å². The number of rotatable bonds is 6. The van der Waals surface area contributed by atoms with E-state index < -0.39 is 11.0 Å². The van der Waals surface area contributed by atoms with Gasteiger partial charge in [-0.15, -0.1) is 0 Å². The van der Waals surface area contributed by atoms with E-state index in [4.69, 9.17) is 15.5 Å². The summed E-state index contributed by atoms with van der Waals surface area (Å²) >= 11 is 0. The number of hydrogen-bond acceptors (Lipinski definition) is 7. The van der Waals surface area contributed by atoms with Crippen molar-refractivity contribution >= 4 is 55.9 Å². The minimum atomic E-state index is -1.60. The minimum Gasteiger partial charge on any atom is -0.497 e. The summed E-state index contributed by atoms with van der Waals surface area (Å²) in [5, 5.41) is 4.22. The third-order valence-corrected chi connectivity index (χ3v) is 6.06. The molecule has 5 aromatic rings. The lowest BCUT2D eigenvalue weighted by Gasteiger charge is -2.15. The summed E-state index contributed by atoms with van der Waals surface area (Å²) in [6.45, 7) is 0. The van der Waals surface area contributed by atoms with Crippen molar-refractivity contribution < 1.29 is 8.95 Å². The highest BCUT2D eigenvalue weighted by Crippen LogP contribution is 2.32. The molecule has 9 heteroatoms. The van der Waals surface area contributed by atoms with E-state index in [9.17, 15) is 4.21 Å². The van der Waals surface area contributed by atoms with Crippen LogP contribution in [0.5, 0.6) is 5.75 Å². The lowest BCUT2D eigenvalue weighted by Crippen LogP contribution is -2.10. The second-order valence-corrected chi connectivity index (χ2v) is 8.44. The summed E-state index contributed by atoms with van der Waals surface area (Å²) in [5.74, 6) is 1.41. The van der Waals surface area contributed by atoms with E-state index in [1.807, 2.05) is 48.5 Å². The van der Waals surface area contributed by atoms with Crippen LogP contribution in [0, 0.1) is 0 Å². The monoisotopic (exact) mass is 456 g/mol. The van der Waals surface area contributed by atoms with Crippen LogP contribution in [0.1, 0.15) is 0 Å². The first kappa shape index (κ1) is 20.7. The van der Waals surface area contributed by atoms with Gasteiger partial charge in [-0.25, -0.2) is 14.2 Å². The Morgan fingerprint density at radius 2 is 1.70 bits per heavy atom. The number of ether oxygens (including phenoxy) is 1. The Bertz CT molecular complexity index is 1510. The third kappa shape index (κ3) is 4.26. The van der Waals surface area contributed by atoms with E-state index in [1.165, 1.54) is 0 Å². The summed E-state index contributed by atoms with van der Waals surface area (Å²) in [4.78, 5) is 14.4. The molecule has 0 aliphatic carbocycles. The largest absolute Gasteiger partial charge is 0.497 e. The van der Waals surface area contributed by atoms with Gasteiger partial charge >= 0.3 is 0 Å². The summed E-state index contributed by atoms with van der Waals surface area (Å²) < 4.78 is 21.5. The molecule has 1 atom stereocenters. The zero-order valence-corrected chi connectivity index (χ0v) is 18.5. The highest BCUT2D eigenvalue weighted by Gasteiger charge is 2.15. The van der Waals surface area contributed by atoms with Gasteiger partial charge in [-0.3, -0.25) is 9.71 Å². The predicted octanol–water partition coefficient (Wildman–Crippen LogP) is 4.65. The van der Waals surface area contributed by atoms with E-state index in [0.717, 1.165) is 10.9 Å². The first-order valence-electron chi connectivity index (χ1n) is 10.1. The van der Waals surface area contributed by atoms with Gasteiger partial charge < -0.3 is 15.8 Å². The average molecular weight is 457 g/mol. The van der Waals surface area contributed by atoms with Crippen molar-refractivity contribution in [1.82, 2.24) is 15.0 Å². The molecular formula is C24H20N6O2S. The maximum atomic E-state index is 13.0. The maximum absolute atomic E-state index is 13.0. The van der Waals surface area contributed by atoms with Crippen LogP contribution in [-0.4, -0.2) is 26.3 Å². The Balaban J connectivity index is 1.60. The number of fused-ring (bicyclic) bond motifs is 2. The molecule has 3 aromatic carbocycles. The normalized spacial score (nSPS) is 11.9. The van der Waals surface area contributed by atoms with Gasteiger partial charge in [0.2, 0.25) is 0 Å². The summed E-state index contributed by atoms with van der Waals surface area (Å²) in [6, 6.07) is 21.9. The Kier molecular flexibility index (Phi) is 5.45. The van der Waals surface area contributed by atoms with Crippen molar-refractivity contribution in [3.63, 3.8) is 0 Å². The molecule has 0 saturated heterocycles. The van der Waals surface area contributed by atoms with Crippen LogP contribution in [0.3, 0.4) is 0 Å². The van der Waals surface area contributed by atoms with E-state index in [-0.39, 0.29) is 0 Å². The fourth-order valence-corrected chi connectivity index (χ4v) is 4.32. The number of methoxy groups -OCH3 is 1. The molecule has 0 radical (unpaired) electrons. The van der Waals surface area contributed by atoms with Gasteiger partial charge in [-0.1, -0.05) is 24.3 Å². The Morgan fingerprint density at radius 1 is 0.909 bits per heavy atom. The number of pyridine rings is 1.